The van der Waals surface area contributed by atoms with E-state index in [4.69, 9.17) is 17.0 Å². The van der Waals surface area contributed by atoms with Gasteiger partial charge in [-0.3, -0.25) is 9.36 Å². The van der Waals surface area contributed by atoms with Crippen molar-refractivity contribution in [2.45, 2.75) is 32.9 Å². The van der Waals surface area contributed by atoms with Gasteiger partial charge < -0.3 is 15.2 Å². The fourth-order valence-corrected chi connectivity index (χ4v) is 3.62. The average molecular weight is 439 g/mol. The summed E-state index contributed by atoms with van der Waals surface area (Å²) in [5.41, 5.74) is 2.47. The molecule has 1 heterocycles. The summed E-state index contributed by atoms with van der Waals surface area (Å²) in [7, 11) is 0. The Morgan fingerprint density at radius 2 is 2.10 bits per heavy atom. The predicted octanol–water partition coefficient (Wildman–Crippen LogP) is 3.84. The molecule has 0 spiro atoms. The summed E-state index contributed by atoms with van der Waals surface area (Å²) in [5, 5.41) is 17.8. The van der Waals surface area contributed by atoms with Crippen LogP contribution >= 0.6 is 12.2 Å². The van der Waals surface area contributed by atoms with Crippen LogP contribution in [0.2, 0.25) is 0 Å². The predicted molar refractivity (Wildman–Crippen MR) is 123 cm³/mol. The Morgan fingerprint density at radius 3 is 2.84 bits per heavy atom. The van der Waals surface area contributed by atoms with Gasteiger partial charge in [0.2, 0.25) is 10.7 Å². The van der Waals surface area contributed by atoms with Crippen LogP contribution < -0.4 is 10.1 Å². The average Bonchev–Trinajstić information content (AvgIpc) is 3.00. The van der Waals surface area contributed by atoms with Crippen molar-refractivity contribution >= 4 is 23.8 Å². The highest BCUT2D eigenvalue weighted by Gasteiger charge is 2.14. The summed E-state index contributed by atoms with van der Waals surface area (Å²) < 4.78 is 9.65. The topological polar surface area (TPSA) is 81.3 Å². The molecular formula is C23H26N4O3S. The minimum absolute atomic E-state index is 0.111. The zero-order chi connectivity index (χ0) is 22.4. The van der Waals surface area contributed by atoms with E-state index in [-0.39, 0.29) is 19.1 Å². The highest BCUT2D eigenvalue weighted by Crippen LogP contribution is 2.20. The van der Waals surface area contributed by atoms with Crippen molar-refractivity contribution in [3.05, 3.63) is 77.3 Å². The van der Waals surface area contributed by atoms with Crippen molar-refractivity contribution in [1.82, 2.24) is 14.3 Å². The van der Waals surface area contributed by atoms with E-state index in [1.807, 2.05) is 55.5 Å². The molecule has 1 atom stereocenters. The van der Waals surface area contributed by atoms with E-state index in [9.17, 15) is 9.90 Å². The smallest absolute Gasteiger partial charge is 0.221 e. The minimum atomic E-state index is -0.794. The van der Waals surface area contributed by atoms with Crippen LogP contribution in [0, 0.1) is 11.7 Å². The fraction of sp³-hybridized carbons (Fsp3) is 0.261. The number of aliphatic hydroxyl groups excluding tert-OH is 1. The first-order valence-electron chi connectivity index (χ1n) is 9.93. The lowest BCUT2D eigenvalue weighted by molar-refractivity contribution is -0.114. The second-order valence-corrected chi connectivity index (χ2v) is 7.51. The van der Waals surface area contributed by atoms with E-state index < -0.39 is 6.10 Å². The summed E-state index contributed by atoms with van der Waals surface area (Å²) in [6.45, 7) is 7.37. The number of anilines is 1. The van der Waals surface area contributed by atoms with Crippen molar-refractivity contribution in [3.8, 4) is 11.4 Å². The lowest BCUT2D eigenvalue weighted by Gasteiger charge is -2.14. The second-order valence-electron chi connectivity index (χ2n) is 7.14. The first-order valence-corrected chi connectivity index (χ1v) is 10.3. The number of nitrogens with one attached hydrogen (secondary N) is 1. The Balaban J connectivity index is 1.73. The largest absolute Gasteiger partial charge is 0.491 e. The molecule has 0 saturated heterocycles. The van der Waals surface area contributed by atoms with Crippen molar-refractivity contribution in [2.24, 2.45) is 0 Å². The molecule has 2 aromatic carbocycles. The van der Waals surface area contributed by atoms with Gasteiger partial charge in [0, 0.05) is 12.6 Å². The Morgan fingerprint density at radius 1 is 1.32 bits per heavy atom. The van der Waals surface area contributed by atoms with Gasteiger partial charge >= 0.3 is 0 Å². The molecule has 0 aliphatic heterocycles. The number of hydrogen-bond acceptors (Lipinski definition) is 5. The van der Waals surface area contributed by atoms with Crippen LogP contribution in [0.25, 0.3) is 5.69 Å². The SMILES string of the molecule is C=CCc1ccccc1OCC(O)Cn1nc(C)n(-c2cccc(NC(C)=O)c2)c1=S. The van der Waals surface area contributed by atoms with Gasteiger partial charge in [0.25, 0.3) is 0 Å². The second kappa shape index (κ2) is 10.2. The molecule has 8 heteroatoms. The number of nitrogens with zero attached hydrogens (tertiary/aromatic N) is 3. The number of aryl methyl sites for hydroxylation is 1. The first kappa shape index (κ1) is 22.5. The number of carbonyl (C=O) groups excluding carboxylic acids is 1. The minimum Gasteiger partial charge on any atom is -0.491 e. The van der Waals surface area contributed by atoms with Gasteiger partial charge in [0.05, 0.1) is 12.2 Å². The van der Waals surface area contributed by atoms with Gasteiger partial charge in [-0.2, -0.15) is 5.10 Å². The third kappa shape index (κ3) is 5.68. The molecule has 2 N–H and O–H groups in total. The maximum Gasteiger partial charge on any atom is 0.221 e. The summed E-state index contributed by atoms with van der Waals surface area (Å²) in [5.74, 6) is 1.25. The summed E-state index contributed by atoms with van der Waals surface area (Å²) in [6, 6.07) is 15.0. The fourth-order valence-electron chi connectivity index (χ4n) is 3.27. The molecule has 0 aliphatic rings. The summed E-state index contributed by atoms with van der Waals surface area (Å²) >= 11 is 5.59. The lowest BCUT2D eigenvalue weighted by atomic mass is 10.1. The molecule has 0 radical (unpaired) electrons. The number of ether oxygens (including phenoxy) is 1. The van der Waals surface area contributed by atoms with Crippen molar-refractivity contribution in [3.63, 3.8) is 0 Å². The van der Waals surface area contributed by atoms with Gasteiger partial charge in [0.1, 0.15) is 24.3 Å². The number of aliphatic hydroxyl groups is 1. The highest BCUT2D eigenvalue weighted by molar-refractivity contribution is 7.71. The van der Waals surface area contributed by atoms with Crippen molar-refractivity contribution in [1.29, 1.82) is 0 Å². The van der Waals surface area contributed by atoms with E-state index in [0.29, 0.717) is 22.7 Å². The molecule has 31 heavy (non-hydrogen) atoms. The maximum atomic E-state index is 11.3. The maximum absolute atomic E-state index is 11.3. The number of allylic oxidation sites excluding steroid dienone is 1. The normalized spacial score (nSPS) is 11.7. The van der Waals surface area contributed by atoms with E-state index in [1.54, 1.807) is 15.3 Å². The molecule has 0 aliphatic carbocycles. The van der Waals surface area contributed by atoms with E-state index >= 15 is 0 Å². The summed E-state index contributed by atoms with van der Waals surface area (Å²) in [4.78, 5) is 11.3. The summed E-state index contributed by atoms with van der Waals surface area (Å²) in [6.07, 6.45) is 1.71. The monoisotopic (exact) mass is 438 g/mol. The van der Waals surface area contributed by atoms with Crippen LogP contribution in [0.3, 0.4) is 0 Å². The Hall–Kier alpha value is -3.23. The van der Waals surface area contributed by atoms with Gasteiger partial charge in [0.15, 0.2) is 0 Å². The number of para-hydroxylation sites is 1. The Kier molecular flexibility index (Phi) is 7.38. The molecule has 1 aromatic heterocycles. The molecule has 3 aromatic rings. The van der Waals surface area contributed by atoms with E-state index in [2.05, 4.69) is 17.0 Å². The Bertz CT molecular complexity index is 1140. The molecule has 1 amide bonds. The number of rotatable bonds is 9. The van der Waals surface area contributed by atoms with Gasteiger partial charge in [-0.05, 0) is 55.4 Å². The van der Waals surface area contributed by atoms with Crippen molar-refractivity contribution < 1.29 is 14.6 Å². The standard InChI is InChI=1S/C23H26N4O3S/c1-4-8-18-9-5-6-12-22(18)30-15-21(29)14-26-23(31)27(16(2)25-26)20-11-7-10-19(13-20)24-17(3)28/h4-7,9-13,21,29H,1,8,14-15H2,2-3H3,(H,24,28). The number of aromatic nitrogens is 3. The molecular weight excluding hydrogens is 412 g/mol. The lowest BCUT2D eigenvalue weighted by Crippen LogP contribution is -2.24. The Labute approximate surface area is 186 Å². The van der Waals surface area contributed by atoms with Gasteiger partial charge in [-0.15, -0.1) is 6.58 Å². The number of benzene rings is 2. The molecule has 3 rings (SSSR count). The van der Waals surface area contributed by atoms with E-state index in [1.165, 1.54) is 6.92 Å². The molecule has 1 unspecified atom stereocenters. The zero-order valence-electron chi connectivity index (χ0n) is 17.6. The van der Waals surface area contributed by atoms with Crippen LogP contribution in [0.1, 0.15) is 18.3 Å². The zero-order valence-corrected chi connectivity index (χ0v) is 18.4. The molecule has 7 nitrogen and oxygen atoms in total. The van der Waals surface area contributed by atoms with Crippen LogP contribution in [0.4, 0.5) is 5.69 Å². The number of amides is 1. The van der Waals surface area contributed by atoms with Crippen LogP contribution in [0.5, 0.6) is 5.75 Å². The van der Waals surface area contributed by atoms with E-state index in [0.717, 1.165) is 17.0 Å². The van der Waals surface area contributed by atoms with Crippen LogP contribution in [-0.2, 0) is 17.8 Å². The molecule has 0 fully saturated rings. The number of hydrogen-bond donors (Lipinski definition) is 2. The molecule has 0 saturated carbocycles. The van der Waals surface area contributed by atoms with Gasteiger partial charge in [-0.25, -0.2) is 4.68 Å². The third-order valence-corrected chi connectivity index (χ3v) is 4.97. The number of carbonyl (C=O) groups is 1. The highest BCUT2D eigenvalue weighted by atomic mass is 32.1. The van der Waals surface area contributed by atoms with Crippen LogP contribution in [0.15, 0.2) is 61.2 Å². The molecule has 0 bridgehead atoms. The van der Waals surface area contributed by atoms with Crippen LogP contribution in [-0.4, -0.2) is 38.1 Å². The van der Waals surface area contributed by atoms with Crippen molar-refractivity contribution in [2.75, 3.05) is 11.9 Å². The molecule has 162 valence electrons. The van der Waals surface area contributed by atoms with Gasteiger partial charge in [-0.1, -0.05) is 30.3 Å². The quantitative estimate of drug-likeness (QED) is 0.392. The third-order valence-electron chi connectivity index (χ3n) is 4.58. The first-order chi connectivity index (χ1) is 14.9.